The Bertz CT molecular complexity index is 1110. The first-order chi connectivity index (χ1) is 14.3. The minimum absolute atomic E-state index is 0.248. The molecule has 1 fully saturated rings. The summed E-state index contributed by atoms with van der Waals surface area (Å²) in [4.78, 5) is 17.2. The van der Waals surface area contributed by atoms with Gasteiger partial charge >= 0.3 is 0 Å². The van der Waals surface area contributed by atoms with Crippen molar-refractivity contribution in [3.05, 3.63) is 68.7 Å². The van der Waals surface area contributed by atoms with Gasteiger partial charge in [0.25, 0.3) is 0 Å². The Morgan fingerprint density at radius 2 is 2.00 bits per heavy atom. The lowest BCUT2D eigenvalue weighted by atomic mass is 10.1. The van der Waals surface area contributed by atoms with Gasteiger partial charge in [-0.15, -0.1) is 31.9 Å². The number of anilines is 1. The molecule has 3 aromatic heterocycles. The van der Waals surface area contributed by atoms with Crippen molar-refractivity contribution in [1.29, 1.82) is 0 Å². The van der Waals surface area contributed by atoms with E-state index in [2.05, 4.69) is 58.7 Å². The van der Waals surface area contributed by atoms with Crippen molar-refractivity contribution in [3.63, 3.8) is 0 Å². The summed E-state index contributed by atoms with van der Waals surface area (Å²) in [5, 5.41) is 6.51. The van der Waals surface area contributed by atoms with Crippen molar-refractivity contribution < 1.29 is 4.74 Å². The monoisotopic (exact) mass is 440 g/mol. The number of thiophene rings is 1. The molecule has 1 saturated heterocycles. The third kappa shape index (κ3) is 4.05. The van der Waals surface area contributed by atoms with Crippen LogP contribution in [0.5, 0.6) is 0 Å². The summed E-state index contributed by atoms with van der Waals surface area (Å²) in [6.07, 6.45) is 4.36. The highest BCUT2D eigenvalue weighted by molar-refractivity contribution is 7.20. The standard InChI is InChI=1S/C21H21N4OPS2/c27-20(21-22-3-8-28-21)14-9-16(29-12-14)11-19-17-2-1-15(10-18(17)23-13-24-19)25-4-6-26-7-5-25/h1-3,8-10,12-13,20H,4-7,11,27H2. The summed E-state index contributed by atoms with van der Waals surface area (Å²) in [6, 6.07) is 8.80. The van der Waals surface area contributed by atoms with Crippen LogP contribution in [0.1, 0.15) is 26.8 Å². The van der Waals surface area contributed by atoms with Gasteiger partial charge in [0, 0.05) is 47.0 Å². The molecule has 1 aliphatic heterocycles. The second-order valence-corrected chi connectivity index (χ2v) is 9.58. The van der Waals surface area contributed by atoms with Gasteiger partial charge < -0.3 is 9.64 Å². The summed E-state index contributed by atoms with van der Waals surface area (Å²) in [5.74, 6) is 0. The van der Waals surface area contributed by atoms with Gasteiger partial charge in [0.05, 0.1) is 30.1 Å². The van der Waals surface area contributed by atoms with Gasteiger partial charge in [0.1, 0.15) is 11.3 Å². The predicted octanol–water partition coefficient (Wildman–Crippen LogP) is 4.54. The Kier molecular flexibility index (Phi) is 5.55. The summed E-state index contributed by atoms with van der Waals surface area (Å²) in [5.41, 5.74) is 4.82. The maximum Gasteiger partial charge on any atom is 0.116 e. The molecular weight excluding hydrogens is 419 g/mol. The lowest BCUT2D eigenvalue weighted by Crippen LogP contribution is -2.36. The van der Waals surface area contributed by atoms with Gasteiger partial charge in [-0.25, -0.2) is 15.0 Å². The maximum absolute atomic E-state index is 5.47. The van der Waals surface area contributed by atoms with Gasteiger partial charge in [-0.05, 0) is 35.2 Å². The molecule has 5 rings (SSSR count). The molecule has 1 aromatic carbocycles. The molecule has 2 unspecified atom stereocenters. The number of thiazole rings is 1. The van der Waals surface area contributed by atoms with Crippen LogP contribution in [0.2, 0.25) is 0 Å². The molecule has 2 atom stereocenters. The molecule has 0 N–H and O–H groups in total. The molecule has 5 nitrogen and oxygen atoms in total. The zero-order valence-electron chi connectivity index (χ0n) is 15.8. The minimum Gasteiger partial charge on any atom is -0.378 e. The lowest BCUT2D eigenvalue weighted by molar-refractivity contribution is 0.122. The third-order valence-electron chi connectivity index (χ3n) is 5.17. The number of morpholine rings is 1. The first kappa shape index (κ1) is 19.1. The highest BCUT2D eigenvalue weighted by Crippen LogP contribution is 2.35. The summed E-state index contributed by atoms with van der Waals surface area (Å²) in [7, 11) is 2.91. The van der Waals surface area contributed by atoms with Crippen LogP contribution < -0.4 is 4.90 Å². The molecule has 29 heavy (non-hydrogen) atoms. The fraction of sp³-hybridized carbons (Fsp3) is 0.286. The number of hydrogen-bond acceptors (Lipinski definition) is 7. The fourth-order valence-corrected chi connectivity index (χ4v) is 5.85. The fourth-order valence-electron chi connectivity index (χ4n) is 3.61. The first-order valence-corrected chi connectivity index (χ1v) is 12.0. The van der Waals surface area contributed by atoms with Crippen molar-refractivity contribution >= 4 is 48.5 Å². The molecule has 0 radical (unpaired) electrons. The first-order valence-electron chi connectivity index (χ1n) is 9.56. The molecule has 0 amide bonds. The highest BCUT2D eigenvalue weighted by Gasteiger charge is 2.16. The Hall–Kier alpha value is -1.92. The van der Waals surface area contributed by atoms with E-state index in [-0.39, 0.29) is 5.66 Å². The van der Waals surface area contributed by atoms with Gasteiger partial charge in [-0.2, -0.15) is 0 Å². The molecule has 8 heteroatoms. The molecule has 0 saturated carbocycles. The van der Waals surface area contributed by atoms with E-state index in [9.17, 15) is 0 Å². The van der Waals surface area contributed by atoms with Gasteiger partial charge in [0.15, 0.2) is 0 Å². The van der Waals surface area contributed by atoms with Crippen molar-refractivity contribution in [1.82, 2.24) is 15.0 Å². The number of fused-ring (bicyclic) bond motifs is 1. The van der Waals surface area contributed by atoms with E-state index in [4.69, 9.17) is 4.74 Å². The Labute approximate surface area is 180 Å². The molecule has 148 valence electrons. The van der Waals surface area contributed by atoms with E-state index >= 15 is 0 Å². The number of hydrogen-bond donors (Lipinski definition) is 0. The van der Waals surface area contributed by atoms with Gasteiger partial charge in [-0.1, -0.05) is 0 Å². The van der Waals surface area contributed by atoms with E-state index < -0.39 is 0 Å². The topological polar surface area (TPSA) is 51.1 Å². The Balaban J connectivity index is 1.39. The van der Waals surface area contributed by atoms with Gasteiger partial charge in [0.2, 0.25) is 0 Å². The molecule has 4 heterocycles. The van der Waals surface area contributed by atoms with Crippen LogP contribution in [0.15, 0.2) is 47.5 Å². The van der Waals surface area contributed by atoms with Gasteiger partial charge in [-0.3, -0.25) is 0 Å². The molecule has 0 spiro atoms. The average molecular weight is 441 g/mol. The van der Waals surface area contributed by atoms with Crippen LogP contribution in [0.3, 0.4) is 0 Å². The largest absolute Gasteiger partial charge is 0.378 e. The number of rotatable bonds is 5. The third-order valence-corrected chi connectivity index (χ3v) is 7.93. The molecule has 4 aromatic rings. The van der Waals surface area contributed by atoms with E-state index in [1.54, 1.807) is 29.0 Å². The normalized spacial score (nSPS) is 15.7. The summed E-state index contributed by atoms with van der Waals surface area (Å²) >= 11 is 3.48. The highest BCUT2D eigenvalue weighted by atomic mass is 32.1. The van der Waals surface area contributed by atoms with Crippen molar-refractivity contribution in [2.45, 2.75) is 12.1 Å². The molecule has 1 aliphatic rings. The maximum atomic E-state index is 5.47. The second kappa shape index (κ2) is 8.44. The number of aromatic nitrogens is 3. The summed E-state index contributed by atoms with van der Waals surface area (Å²) in [6.45, 7) is 3.42. The van der Waals surface area contributed by atoms with E-state index in [0.717, 1.165) is 54.3 Å². The summed E-state index contributed by atoms with van der Waals surface area (Å²) < 4.78 is 5.47. The Morgan fingerprint density at radius 1 is 1.10 bits per heavy atom. The van der Waals surface area contributed by atoms with Crippen LogP contribution in [0, 0.1) is 0 Å². The average Bonchev–Trinajstić information content (AvgIpc) is 3.46. The van der Waals surface area contributed by atoms with Crippen LogP contribution in [-0.2, 0) is 11.2 Å². The van der Waals surface area contributed by atoms with Crippen molar-refractivity contribution in [2.75, 3.05) is 31.2 Å². The van der Waals surface area contributed by atoms with Crippen LogP contribution in [0.4, 0.5) is 5.69 Å². The predicted molar refractivity (Wildman–Crippen MR) is 123 cm³/mol. The Morgan fingerprint density at radius 3 is 2.83 bits per heavy atom. The molecule has 0 bridgehead atoms. The number of benzene rings is 1. The van der Waals surface area contributed by atoms with Crippen molar-refractivity contribution in [3.8, 4) is 0 Å². The minimum atomic E-state index is 0.248. The second-order valence-electron chi connectivity index (χ2n) is 6.99. The molecule has 0 aliphatic carbocycles. The van der Waals surface area contributed by atoms with Crippen LogP contribution >= 0.6 is 31.9 Å². The van der Waals surface area contributed by atoms with Crippen LogP contribution in [-0.4, -0.2) is 41.3 Å². The SMILES string of the molecule is PC(c1csc(Cc2ncnc3cc(N4CCOCC4)ccc23)c1)c1nccs1. The number of ether oxygens (including phenoxy) is 1. The van der Waals surface area contributed by atoms with E-state index in [1.807, 2.05) is 11.6 Å². The smallest absolute Gasteiger partial charge is 0.116 e. The zero-order chi connectivity index (χ0) is 19.6. The zero-order valence-corrected chi connectivity index (χ0v) is 18.6. The van der Waals surface area contributed by atoms with E-state index in [1.165, 1.54) is 16.1 Å². The lowest BCUT2D eigenvalue weighted by Gasteiger charge is -2.29. The van der Waals surface area contributed by atoms with Crippen molar-refractivity contribution in [2.24, 2.45) is 0 Å². The molecular formula is C21H21N4OPS2. The van der Waals surface area contributed by atoms with E-state index in [0.29, 0.717) is 0 Å². The quantitative estimate of drug-likeness (QED) is 0.427. The number of nitrogens with zero attached hydrogens (tertiary/aromatic N) is 4. The van der Waals surface area contributed by atoms with Crippen LogP contribution in [0.25, 0.3) is 10.9 Å².